The lowest BCUT2D eigenvalue weighted by Crippen LogP contribution is -2.28. The molecule has 0 radical (unpaired) electrons. The molecule has 2 aromatic rings. The van der Waals surface area contributed by atoms with Gasteiger partial charge in [-0.1, -0.05) is 24.3 Å². The van der Waals surface area contributed by atoms with Crippen molar-refractivity contribution in [3.05, 3.63) is 54.6 Å². The summed E-state index contributed by atoms with van der Waals surface area (Å²) in [7, 11) is -7.14. The molecule has 3 rings (SSSR count). The summed E-state index contributed by atoms with van der Waals surface area (Å²) >= 11 is 0. The number of nitrogens with zero attached hydrogens (tertiary/aromatic N) is 1. The zero-order chi connectivity index (χ0) is 20.2. The number of rotatable bonds is 7. The molecule has 150 valence electrons. The number of amides is 1. The molecule has 1 saturated heterocycles. The van der Waals surface area contributed by atoms with Crippen LogP contribution in [0.4, 0.5) is 5.69 Å². The number of carbonyl (C=O) groups is 1. The van der Waals surface area contributed by atoms with Crippen molar-refractivity contribution in [2.45, 2.75) is 29.1 Å². The molecule has 7 nitrogen and oxygen atoms in total. The molecule has 0 saturated carbocycles. The number of sulfone groups is 1. The lowest BCUT2D eigenvalue weighted by Gasteiger charge is -2.16. The summed E-state index contributed by atoms with van der Waals surface area (Å²) in [6.45, 7) is 0.993. The SMILES string of the molecule is O=C(CCS(=O)(=O)c1ccccc1)Nc1cccc(S(=O)(=O)N2CCCC2)c1. The molecular weight excluding hydrogens is 400 g/mol. The van der Waals surface area contributed by atoms with Crippen LogP contribution in [0.2, 0.25) is 0 Å². The van der Waals surface area contributed by atoms with E-state index < -0.39 is 25.8 Å². The molecule has 0 aliphatic carbocycles. The second-order valence-corrected chi connectivity index (χ2v) is 10.6. The largest absolute Gasteiger partial charge is 0.326 e. The lowest BCUT2D eigenvalue weighted by atomic mass is 10.3. The first-order chi connectivity index (χ1) is 13.3. The van der Waals surface area contributed by atoms with E-state index in [1.807, 2.05) is 0 Å². The third kappa shape index (κ3) is 4.78. The van der Waals surface area contributed by atoms with Crippen LogP contribution >= 0.6 is 0 Å². The van der Waals surface area contributed by atoms with Gasteiger partial charge < -0.3 is 5.32 Å². The fraction of sp³-hybridized carbons (Fsp3) is 0.316. The maximum atomic E-state index is 12.6. The van der Waals surface area contributed by atoms with Gasteiger partial charge in [-0.05, 0) is 43.2 Å². The van der Waals surface area contributed by atoms with Crippen LogP contribution in [0.5, 0.6) is 0 Å². The van der Waals surface area contributed by atoms with Crippen molar-refractivity contribution in [2.75, 3.05) is 24.2 Å². The molecule has 2 aromatic carbocycles. The standard InChI is InChI=1S/C19H22N2O5S2/c22-19(11-14-27(23,24)17-8-2-1-3-9-17)20-16-7-6-10-18(15-16)28(25,26)21-12-4-5-13-21/h1-3,6-10,15H,4-5,11-14H2,(H,20,22). The minimum Gasteiger partial charge on any atom is -0.326 e. The first-order valence-corrected chi connectivity index (χ1v) is 12.1. The zero-order valence-electron chi connectivity index (χ0n) is 15.2. The molecule has 0 spiro atoms. The highest BCUT2D eigenvalue weighted by Crippen LogP contribution is 2.23. The summed E-state index contributed by atoms with van der Waals surface area (Å²) in [6, 6.07) is 14.0. The Balaban J connectivity index is 1.65. The highest BCUT2D eigenvalue weighted by molar-refractivity contribution is 7.91. The van der Waals surface area contributed by atoms with Crippen molar-refractivity contribution in [3.63, 3.8) is 0 Å². The van der Waals surface area contributed by atoms with Gasteiger partial charge in [0.2, 0.25) is 15.9 Å². The number of hydrogen-bond acceptors (Lipinski definition) is 5. The van der Waals surface area contributed by atoms with Crippen LogP contribution in [0.1, 0.15) is 19.3 Å². The molecule has 0 bridgehead atoms. The van der Waals surface area contributed by atoms with Crippen molar-refractivity contribution in [1.29, 1.82) is 0 Å². The second-order valence-electron chi connectivity index (χ2n) is 6.57. The van der Waals surface area contributed by atoms with E-state index in [2.05, 4.69) is 5.32 Å². The molecule has 0 unspecified atom stereocenters. The molecule has 1 aliphatic heterocycles. The summed E-state index contributed by atoms with van der Waals surface area (Å²) in [5.41, 5.74) is 0.322. The molecular formula is C19H22N2O5S2. The third-order valence-electron chi connectivity index (χ3n) is 4.52. The van der Waals surface area contributed by atoms with Crippen molar-refractivity contribution in [1.82, 2.24) is 4.31 Å². The van der Waals surface area contributed by atoms with Gasteiger partial charge in [-0.2, -0.15) is 4.31 Å². The molecule has 9 heteroatoms. The number of benzene rings is 2. The normalized spacial score (nSPS) is 15.4. The Hall–Kier alpha value is -2.23. The molecule has 1 aliphatic rings. The van der Waals surface area contributed by atoms with E-state index in [1.165, 1.54) is 28.6 Å². The Morgan fingerprint density at radius 3 is 2.21 bits per heavy atom. The van der Waals surface area contributed by atoms with E-state index in [9.17, 15) is 21.6 Å². The minimum absolute atomic E-state index is 0.115. The number of anilines is 1. The van der Waals surface area contributed by atoms with Gasteiger partial charge in [0, 0.05) is 25.2 Å². The smallest absolute Gasteiger partial charge is 0.243 e. The predicted molar refractivity (Wildman–Crippen MR) is 106 cm³/mol. The van der Waals surface area contributed by atoms with Crippen LogP contribution in [0.15, 0.2) is 64.4 Å². The van der Waals surface area contributed by atoms with Gasteiger partial charge in [0.25, 0.3) is 0 Å². The van der Waals surface area contributed by atoms with Crippen LogP contribution in [0.25, 0.3) is 0 Å². The second kappa shape index (κ2) is 8.42. The highest BCUT2D eigenvalue weighted by atomic mass is 32.2. The predicted octanol–water partition coefficient (Wildman–Crippen LogP) is 2.27. The van der Waals surface area contributed by atoms with Crippen molar-refractivity contribution >= 4 is 31.5 Å². The summed E-state index contributed by atoms with van der Waals surface area (Å²) in [4.78, 5) is 12.5. The topological polar surface area (TPSA) is 101 Å². The van der Waals surface area contributed by atoms with Crippen LogP contribution in [-0.4, -0.2) is 45.9 Å². The number of nitrogens with one attached hydrogen (secondary N) is 1. The Labute approximate surface area is 165 Å². The number of hydrogen-bond donors (Lipinski definition) is 1. The van der Waals surface area contributed by atoms with E-state index in [4.69, 9.17) is 0 Å². The zero-order valence-corrected chi connectivity index (χ0v) is 16.9. The highest BCUT2D eigenvalue weighted by Gasteiger charge is 2.27. The molecule has 28 heavy (non-hydrogen) atoms. The summed E-state index contributed by atoms with van der Waals surface area (Å²) in [6.07, 6.45) is 1.46. The molecule has 1 heterocycles. The third-order valence-corrected chi connectivity index (χ3v) is 8.15. The monoisotopic (exact) mass is 422 g/mol. The Bertz CT molecular complexity index is 1040. The Morgan fingerprint density at radius 1 is 0.893 bits per heavy atom. The molecule has 1 fully saturated rings. The first kappa shape index (κ1) is 20.5. The van der Waals surface area contributed by atoms with Crippen LogP contribution in [0.3, 0.4) is 0 Å². The molecule has 0 atom stereocenters. The van der Waals surface area contributed by atoms with Gasteiger partial charge >= 0.3 is 0 Å². The minimum atomic E-state index is -3.58. The average molecular weight is 423 g/mol. The van der Waals surface area contributed by atoms with Gasteiger partial charge in [-0.15, -0.1) is 0 Å². The fourth-order valence-electron chi connectivity index (χ4n) is 3.01. The summed E-state index contributed by atoms with van der Waals surface area (Å²) in [5, 5.41) is 2.58. The average Bonchev–Trinajstić information content (AvgIpc) is 3.23. The van der Waals surface area contributed by atoms with E-state index in [0.717, 1.165) is 12.8 Å². The van der Waals surface area contributed by atoms with E-state index in [0.29, 0.717) is 18.8 Å². The summed E-state index contributed by atoms with van der Waals surface area (Å²) in [5.74, 6) is -0.815. The van der Waals surface area contributed by atoms with E-state index >= 15 is 0 Å². The van der Waals surface area contributed by atoms with Gasteiger partial charge in [0.15, 0.2) is 9.84 Å². The quantitative estimate of drug-likeness (QED) is 0.738. The van der Waals surface area contributed by atoms with Crippen molar-refractivity contribution < 1.29 is 21.6 Å². The molecule has 1 N–H and O–H groups in total. The lowest BCUT2D eigenvalue weighted by molar-refractivity contribution is -0.115. The Kier molecular flexibility index (Phi) is 6.17. The Morgan fingerprint density at radius 2 is 1.54 bits per heavy atom. The first-order valence-electron chi connectivity index (χ1n) is 8.97. The van der Waals surface area contributed by atoms with Crippen molar-refractivity contribution in [2.24, 2.45) is 0 Å². The molecule has 1 amide bonds. The van der Waals surface area contributed by atoms with Crippen LogP contribution in [-0.2, 0) is 24.7 Å². The van der Waals surface area contributed by atoms with Gasteiger partial charge in [-0.25, -0.2) is 16.8 Å². The maximum Gasteiger partial charge on any atom is 0.243 e. The van der Waals surface area contributed by atoms with Crippen LogP contribution < -0.4 is 5.32 Å². The molecule has 0 aromatic heterocycles. The van der Waals surface area contributed by atoms with Gasteiger partial charge in [0.05, 0.1) is 15.5 Å². The van der Waals surface area contributed by atoms with Crippen LogP contribution in [0, 0.1) is 0 Å². The van der Waals surface area contributed by atoms with E-state index in [-0.39, 0.29) is 22.0 Å². The van der Waals surface area contributed by atoms with Gasteiger partial charge in [0.1, 0.15) is 0 Å². The van der Waals surface area contributed by atoms with Crippen molar-refractivity contribution in [3.8, 4) is 0 Å². The fourth-order valence-corrected chi connectivity index (χ4v) is 5.83. The maximum absolute atomic E-state index is 12.6. The number of sulfonamides is 1. The van der Waals surface area contributed by atoms with Gasteiger partial charge in [-0.3, -0.25) is 4.79 Å². The number of carbonyl (C=O) groups excluding carboxylic acids is 1. The van der Waals surface area contributed by atoms with E-state index in [1.54, 1.807) is 30.3 Å². The summed E-state index contributed by atoms with van der Waals surface area (Å²) < 4.78 is 51.2.